The number of benzene rings is 10. The molecule has 0 unspecified atom stereocenters. The SMILES string of the molecule is c1ccc([Si](c2ccccc2)(c2ccc(-c3ccc([Si](c4ccccc4)(c4ccccc4)c4cccc5c4sc4ccccc45)cc3)cc2)c2cccc3c2sc2ccccc23)cc1. The molecule has 0 amide bonds. The van der Waals surface area contributed by atoms with Crippen LogP contribution >= 0.6 is 22.7 Å². The maximum Gasteiger partial charge on any atom is 0.181 e. The van der Waals surface area contributed by atoms with Crippen molar-refractivity contribution in [1.82, 2.24) is 0 Å². The van der Waals surface area contributed by atoms with Crippen molar-refractivity contribution >= 4 is 121 Å². The van der Waals surface area contributed by atoms with E-state index in [-0.39, 0.29) is 0 Å². The molecule has 0 saturated heterocycles. The quantitative estimate of drug-likeness (QED) is 0.100. The number of thiophene rings is 2. The minimum Gasteiger partial charge on any atom is -0.135 e. The minimum atomic E-state index is -2.82. The normalized spacial score (nSPS) is 12.1. The van der Waals surface area contributed by atoms with Crippen LogP contribution < -0.4 is 41.5 Å². The number of hydrogen-bond acceptors (Lipinski definition) is 2. The van der Waals surface area contributed by atoms with Crippen LogP contribution in [-0.4, -0.2) is 16.1 Å². The molecule has 0 fully saturated rings. The van der Waals surface area contributed by atoms with Crippen LogP contribution in [0.4, 0.5) is 0 Å². The molecule has 0 radical (unpaired) electrons. The van der Waals surface area contributed by atoms with E-state index in [0.29, 0.717) is 0 Å². The van der Waals surface area contributed by atoms with Gasteiger partial charge in [0.15, 0.2) is 16.1 Å². The molecule has 0 bridgehead atoms. The van der Waals surface area contributed by atoms with Crippen molar-refractivity contribution in [2.75, 3.05) is 0 Å². The first-order chi connectivity index (χ1) is 31.7. The molecule has 4 heteroatoms. The van der Waals surface area contributed by atoms with Gasteiger partial charge >= 0.3 is 0 Å². The third-order valence-electron chi connectivity index (χ3n) is 13.4. The second-order valence-corrected chi connectivity index (χ2v) is 26.3. The van der Waals surface area contributed by atoms with E-state index in [9.17, 15) is 0 Å². The van der Waals surface area contributed by atoms with Gasteiger partial charge < -0.3 is 0 Å². The van der Waals surface area contributed by atoms with Gasteiger partial charge in [-0.3, -0.25) is 0 Å². The largest absolute Gasteiger partial charge is 0.181 e. The Balaban J connectivity index is 1.04. The van der Waals surface area contributed by atoms with Crippen molar-refractivity contribution in [2.45, 2.75) is 0 Å². The summed E-state index contributed by atoms with van der Waals surface area (Å²) in [6, 6.07) is 96.4. The highest BCUT2D eigenvalue weighted by molar-refractivity contribution is 7.31. The van der Waals surface area contributed by atoms with Gasteiger partial charge in [0.2, 0.25) is 0 Å². The maximum atomic E-state index is 2.44. The van der Waals surface area contributed by atoms with Crippen LogP contribution in [0.3, 0.4) is 0 Å². The molecule has 0 aliphatic carbocycles. The van der Waals surface area contributed by atoms with E-state index in [1.165, 1.54) is 93.0 Å². The Labute approximate surface area is 384 Å². The van der Waals surface area contributed by atoms with Gasteiger partial charge in [-0.05, 0) is 64.8 Å². The maximum absolute atomic E-state index is 2.82. The topological polar surface area (TPSA) is 0 Å². The first kappa shape index (κ1) is 38.7. The predicted molar refractivity (Wildman–Crippen MR) is 285 cm³/mol. The Morgan fingerprint density at radius 2 is 0.500 bits per heavy atom. The summed E-state index contributed by atoms with van der Waals surface area (Å²) in [6.07, 6.45) is 0. The van der Waals surface area contributed by atoms with Crippen molar-refractivity contribution in [1.29, 1.82) is 0 Å². The van der Waals surface area contributed by atoms with Crippen molar-refractivity contribution in [2.24, 2.45) is 0 Å². The molecule has 0 N–H and O–H groups in total. The van der Waals surface area contributed by atoms with Crippen LogP contribution in [0.15, 0.2) is 255 Å². The summed E-state index contributed by atoms with van der Waals surface area (Å²) in [5.41, 5.74) is 2.44. The average Bonchev–Trinajstić information content (AvgIpc) is 3.96. The first-order valence-corrected chi connectivity index (χ1v) is 27.6. The number of rotatable bonds is 9. The average molecular weight is 883 g/mol. The molecule has 0 aliphatic heterocycles. The fourth-order valence-corrected chi connectivity index (χ4v) is 23.7. The van der Waals surface area contributed by atoms with Gasteiger partial charge in [-0.25, -0.2) is 0 Å². The zero-order valence-electron chi connectivity index (χ0n) is 35.1. The van der Waals surface area contributed by atoms with Gasteiger partial charge in [-0.1, -0.05) is 243 Å². The Kier molecular flexibility index (Phi) is 9.69. The monoisotopic (exact) mass is 882 g/mol. The predicted octanol–water partition coefficient (Wildman–Crippen LogP) is 10.8. The van der Waals surface area contributed by atoms with E-state index >= 15 is 0 Å². The van der Waals surface area contributed by atoms with E-state index in [0.717, 1.165) is 0 Å². The molecule has 2 heterocycles. The second-order valence-electron chi connectivity index (χ2n) is 16.7. The lowest BCUT2D eigenvalue weighted by Gasteiger charge is -2.35. The molecule has 12 rings (SSSR count). The molecule has 0 nitrogen and oxygen atoms in total. The standard InChI is InChI=1S/C60H42S2Si2/c1-5-19-45(20-6-1)63(46-21-7-2-8-22-46,57-33-17-29-53-51-27-13-15-31-55(51)61-59(53)57)49-39-35-43(36-40-49)44-37-41-50(42-38-44)64(47-23-9-3-10-24-47,48-25-11-4-12-26-48)58-34-18-30-54-52-28-14-16-32-56(52)62-60(54)58/h1-42H. The third-order valence-corrected chi connectivity index (χ3v) is 25.9. The fraction of sp³-hybridized carbons (Fsp3) is 0. The highest BCUT2D eigenvalue weighted by Crippen LogP contribution is 2.35. The Hall–Kier alpha value is -6.93. The lowest BCUT2D eigenvalue weighted by Crippen LogP contribution is -2.74. The van der Waals surface area contributed by atoms with Crippen LogP contribution in [-0.2, 0) is 0 Å². The lowest BCUT2D eigenvalue weighted by molar-refractivity contribution is 1.63. The Morgan fingerprint density at radius 1 is 0.219 bits per heavy atom. The van der Waals surface area contributed by atoms with Crippen LogP contribution in [0.5, 0.6) is 0 Å². The van der Waals surface area contributed by atoms with Crippen molar-refractivity contribution < 1.29 is 0 Å². The van der Waals surface area contributed by atoms with Gasteiger partial charge in [0.05, 0.1) is 0 Å². The Morgan fingerprint density at radius 3 is 0.844 bits per heavy atom. The van der Waals surface area contributed by atoms with E-state index in [4.69, 9.17) is 0 Å². The molecule has 12 aromatic rings. The molecule has 0 aliphatic rings. The number of fused-ring (bicyclic) bond motifs is 6. The van der Waals surface area contributed by atoms with E-state index in [1.54, 1.807) is 0 Å². The van der Waals surface area contributed by atoms with Crippen LogP contribution in [0.2, 0.25) is 0 Å². The van der Waals surface area contributed by atoms with E-state index in [2.05, 4.69) is 255 Å². The Bertz CT molecular complexity index is 3260. The van der Waals surface area contributed by atoms with Crippen molar-refractivity contribution in [3.8, 4) is 11.1 Å². The summed E-state index contributed by atoms with van der Waals surface area (Å²) in [7, 11) is -5.63. The highest BCUT2D eigenvalue weighted by atomic mass is 32.1. The van der Waals surface area contributed by atoms with Gasteiger partial charge in [0.25, 0.3) is 0 Å². The lowest BCUT2D eigenvalue weighted by atomic mass is 10.1. The van der Waals surface area contributed by atoms with Crippen LogP contribution in [0.1, 0.15) is 0 Å². The molecular formula is C60H42S2Si2. The van der Waals surface area contributed by atoms with Gasteiger partial charge in [-0.15, -0.1) is 22.7 Å². The van der Waals surface area contributed by atoms with Gasteiger partial charge in [-0.2, -0.15) is 0 Å². The van der Waals surface area contributed by atoms with Crippen LogP contribution in [0.25, 0.3) is 51.5 Å². The number of hydrogen-bond donors (Lipinski definition) is 0. The third kappa shape index (κ3) is 6.06. The van der Waals surface area contributed by atoms with E-state index in [1.807, 2.05) is 22.7 Å². The zero-order valence-corrected chi connectivity index (χ0v) is 38.7. The smallest absolute Gasteiger partial charge is 0.135 e. The molecule has 10 aromatic carbocycles. The summed E-state index contributed by atoms with van der Waals surface area (Å²) >= 11 is 3.87. The minimum absolute atomic E-state index is 1.22. The molecule has 2 aromatic heterocycles. The first-order valence-electron chi connectivity index (χ1n) is 22.0. The summed E-state index contributed by atoms with van der Waals surface area (Å²) in [5.74, 6) is 0. The van der Waals surface area contributed by atoms with Crippen LogP contribution in [0, 0.1) is 0 Å². The molecule has 0 spiro atoms. The second kappa shape index (κ2) is 16.0. The van der Waals surface area contributed by atoms with E-state index < -0.39 is 16.1 Å². The summed E-state index contributed by atoms with van der Waals surface area (Å²) in [6.45, 7) is 0. The fourth-order valence-electron chi connectivity index (χ4n) is 10.6. The molecular weight excluding hydrogens is 841 g/mol. The molecule has 64 heavy (non-hydrogen) atoms. The molecule has 302 valence electrons. The summed E-state index contributed by atoms with van der Waals surface area (Å²) < 4.78 is 5.44. The molecule has 0 saturated carbocycles. The van der Waals surface area contributed by atoms with Crippen molar-refractivity contribution in [3.63, 3.8) is 0 Å². The highest BCUT2D eigenvalue weighted by Gasteiger charge is 2.44. The van der Waals surface area contributed by atoms with Crippen molar-refractivity contribution in [3.05, 3.63) is 255 Å². The zero-order chi connectivity index (χ0) is 42.5. The summed E-state index contributed by atoms with van der Waals surface area (Å²) in [4.78, 5) is 0. The van der Waals surface area contributed by atoms with Gasteiger partial charge in [0.1, 0.15) is 0 Å². The van der Waals surface area contributed by atoms with Gasteiger partial charge in [0, 0.05) is 40.3 Å². The summed E-state index contributed by atoms with van der Waals surface area (Å²) in [5, 5.41) is 16.5. The molecule has 0 atom stereocenters.